The second-order valence-electron chi connectivity index (χ2n) is 6.90. The zero-order chi connectivity index (χ0) is 21.3. The van der Waals surface area contributed by atoms with E-state index in [9.17, 15) is 5.26 Å². The van der Waals surface area contributed by atoms with Crippen LogP contribution < -0.4 is 19.7 Å². The van der Waals surface area contributed by atoms with Gasteiger partial charge in [0, 0.05) is 37.6 Å². The van der Waals surface area contributed by atoms with Gasteiger partial charge in [0.2, 0.25) is 0 Å². The fourth-order valence-electron chi connectivity index (χ4n) is 3.27. The van der Waals surface area contributed by atoms with Crippen molar-refractivity contribution in [2.24, 2.45) is 0 Å². The lowest BCUT2D eigenvalue weighted by atomic mass is 10.1. The molecule has 30 heavy (non-hydrogen) atoms. The van der Waals surface area contributed by atoms with Crippen molar-refractivity contribution in [3.05, 3.63) is 54.2 Å². The van der Waals surface area contributed by atoms with Gasteiger partial charge in [-0.15, -0.1) is 0 Å². The first kappa shape index (κ1) is 19.2. The molecule has 2 N–H and O–H groups in total. The van der Waals surface area contributed by atoms with Gasteiger partial charge in [0.25, 0.3) is 0 Å². The number of nitriles is 1. The van der Waals surface area contributed by atoms with E-state index in [1.54, 1.807) is 24.9 Å². The summed E-state index contributed by atoms with van der Waals surface area (Å²) in [5, 5.41) is 16.0. The standard InChI is InChI=1S/C22H22N6O2/c1-27(2)16-7-5-14(6-8-16)20-22(28-21(26-20)15(12-23)13-24-28)25-18-10-9-17(29-3)11-19(18)30-4/h5-11,13,24-25H,1-4H3. The lowest BCUT2D eigenvalue weighted by Gasteiger charge is -2.14. The molecule has 0 aliphatic carbocycles. The molecular weight excluding hydrogens is 380 g/mol. The van der Waals surface area contributed by atoms with Crippen molar-refractivity contribution in [1.82, 2.24) is 14.6 Å². The van der Waals surface area contributed by atoms with Gasteiger partial charge in [-0.1, -0.05) is 12.1 Å². The van der Waals surface area contributed by atoms with Crippen molar-refractivity contribution in [1.29, 1.82) is 5.26 Å². The van der Waals surface area contributed by atoms with Crippen molar-refractivity contribution in [3.63, 3.8) is 0 Å². The number of aromatic nitrogens is 3. The molecule has 4 aromatic rings. The van der Waals surface area contributed by atoms with E-state index in [0.717, 1.165) is 22.6 Å². The van der Waals surface area contributed by atoms with Crippen molar-refractivity contribution in [2.45, 2.75) is 0 Å². The average molecular weight is 402 g/mol. The van der Waals surface area contributed by atoms with Gasteiger partial charge < -0.3 is 19.7 Å². The Hall–Kier alpha value is -4.12. The largest absolute Gasteiger partial charge is 0.497 e. The maximum Gasteiger partial charge on any atom is 0.173 e. The van der Waals surface area contributed by atoms with E-state index in [-0.39, 0.29) is 0 Å². The minimum Gasteiger partial charge on any atom is -0.497 e. The zero-order valence-electron chi connectivity index (χ0n) is 17.2. The van der Waals surface area contributed by atoms with Gasteiger partial charge in [-0.25, -0.2) is 9.50 Å². The molecule has 152 valence electrons. The molecule has 0 saturated carbocycles. The lowest BCUT2D eigenvalue weighted by Crippen LogP contribution is -2.08. The van der Waals surface area contributed by atoms with Crippen LogP contribution in [0.5, 0.6) is 11.5 Å². The Labute approximate surface area is 174 Å². The first-order chi connectivity index (χ1) is 14.5. The number of methoxy groups -OCH3 is 2. The summed E-state index contributed by atoms with van der Waals surface area (Å²) in [5.41, 5.74) is 4.51. The van der Waals surface area contributed by atoms with Crippen LogP contribution in [-0.2, 0) is 0 Å². The summed E-state index contributed by atoms with van der Waals surface area (Å²) in [4.78, 5) is 6.78. The summed E-state index contributed by atoms with van der Waals surface area (Å²) < 4.78 is 12.6. The van der Waals surface area contributed by atoms with E-state index in [0.29, 0.717) is 28.5 Å². The minimum absolute atomic E-state index is 0.468. The van der Waals surface area contributed by atoms with Crippen LogP contribution in [0.4, 0.5) is 17.2 Å². The number of fused-ring (bicyclic) bond motifs is 1. The van der Waals surface area contributed by atoms with E-state index in [1.807, 2.05) is 61.5 Å². The smallest absolute Gasteiger partial charge is 0.173 e. The highest BCUT2D eigenvalue weighted by Gasteiger charge is 2.19. The monoisotopic (exact) mass is 402 g/mol. The van der Waals surface area contributed by atoms with Crippen LogP contribution in [0, 0.1) is 11.3 Å². The molecule has 0 radical (unpaired) electrons. The summed E-state index contributed by atoms with van der Waals surface area (Å²) in [6.45, 7) is 0. The fraction of sp³-hybridized carbons (Fsp3) is 0.182. The Morgan fingerprint density at radius 2 is 1.87 bits per heavy atom. The number of hydrogen-bond donors (Lipinski definition) is 2. The molecule has 4 rings (SSSR count). The normalized spacial score (nSPS) is 10.6. The van der Waals surface area contributed by atoms with Gasteiger partial charge >= 0.3 is 0 Å². The SMILES string of the molecule is COc1ccc(Nc2c(-c3ccc(N(C)C)cc3)nc3c(C#N)c[nH]n23)c(OC)c1. The number of nitrogens with one attached hydrogen (secondary N) is 2. The molecule has 2 aromatic carbocycles. The minimum atomic E-state index is 0.468. The topological polar surface area (TPSA) is 90.6 Å². The molecule has 2 heterocycles. The highest BCUT2D eigenvalue weighted by Crippen LogP contribution is 2.36. The van der Waals surface area contributed by atoms with Gasteiger partial charge in [-0.2, -0.15) is 5.26 Å². The van der Waals surface area contributed by atoms with Gasteiger partial charge in [-0.3, -0.25) is 5.10 Å². The number of imidazole rings is 1. The summed E-state index contributed by atoms with van der Waals surface area (Å²) in [6, 6.07) is 15.8. The second-order valence-corrected chi connectivity index (χ2v) is 6.90. The summed E-state index contributed by atoms with van der Waals surface area (Å²) in [7, 11) is 7.21. The van der Waals surface area contributed by atoms with E-state index >= 15 is 0 Å². The molecule has 0 atom stereocenters. The third kappa shape index (κ3) is 3.26. The maximum atomic E-state index is 9.44. The highest BCUT2D eigenvalue weighted by molar-refractivity contribution is 5.82. The average Bonchev–Trinajstić information content (AvgIpc) is 3.33. The van der Waals surface area contributed by atoms with Gasteiger partial charge in [0.15, 0.2) is 11.5 Å². The molecule has 0 unspecified atom stereocenters. The number of H-pyrrole nitrogens is 1. The van der Waals surface area contributed by atoms with E-state index in [4.69, 9.17) is 14.5 Å². The van der Waals surface area contributed by atoms with E-state index in [2.05, 4.69) is 16.5 Å². The quantitative estimate of drug-likeness (QED) is 0.506. The molecular formula is C22H22N6O2. The summed E-state index contributed by atoms with van der Waals surface area (Å²) >= 11 is 0. The molecule has 0 saturated heterocycles. The van der Waals surface area contributed by atoms with Crippen molar-refractivity contribution >= 4 is 22.8 Å². The number of rotatable bonds is 6. The number of benzene rings is 2. The Balaban J connectivity index is 1.85. The molecule has 0 bridgehead atoms. The zero-order valence-corrected chi connectivity index (χ0v) is 17.2. The third-order valence-corrected chi connectivity index (χ3v) is 4.90. The molecule has 8 heteroatoms. The van der Waals surface area contributed by atoms with Crippen LogP contribution in [0.25, 0.3) is 16.9 Å². The second kappa shape index (κ2) is 7.72. The number of anilines is 3. The van der Waals surface area contributed by atoms with Gasteiger partial charge in [0.05, 0.1) is 19.9 Å². The van der Waals surface area contributed by atoms with Crippen LogP contribution in [0.2, 0.25) is 0 Å². The predicted molar refractivity (Wildman–Crippen MR) is 117 cm³/mol. The van der Waals surface area contributed by atoms with Crippen LogP contribution in [0.1, 0.15) is 5.56 Å². The highest BCUT2D eigenvalue weighted by atomic mass is 16.5. The Morgan fingerprint density at radius 3 is 2.50 bits per heavy atom. The number of aromatic amines is 1. The number of ether oxygens (including phenoxy) is 2. The van der Waals surface area contributed by atoms with Crippen molar-refractivity contribution < 1.29 is 9.47 Å². The van der Waals surface area contributed by atoms with Gasteiger partial charge in [0.1, 0.15) is 28.8 Å². The van der Waals surface area contributed by atoms with Crippen LogP contribution >= 0.6 is 0 Å². The molecule has 0 aliphatic rings. The van der Waals surface area contributed by atoms with Crippen molar-refractivity contribution in [3.8, 4) is 28.8 Å². The molecule has 8 nitrogen and oxygen atoms in total. The number of nitrogens with zero attached hydrogens (tertiary/aromatic N) is 4. The summed E-state index contributed by atoms with van der Waals surface area (Å²) in [5.74, 6) is 2.03. The first-order valence-electron chi connectivity index (χ1n) is 9.32. The maximum absolute atomic E-state index is 9.44. The molecule has 0 amide bonds. The molecule has 2 aromatic heterocycles. The van der Waals surface area contributed by atoms with E-state index in [1.165, 1.54) is 0 Å². The van der Waals surface area contributed by atoms with E-state index < -0.39 is 0 Å². The molecule has 0 fully saturated rings. The lowest BCUT2D eigenvalue weighted by molar-refractivity contribution is 0.395. The molecule has 0 spiro atoms. The third-order valence-electron chi connectivity index (χ3n) is 4.90. The van der Waals surface area contributed by atoms with Crippen molar-refractivity contribution in [2.75, 3.05) is 38.5 Å². The van der Waals surface area contributed by atoms with Crippen LogP contribution in [0.15, 0.2) is 48.7 Å². The Bertz CT molecular complexity index is 1230. The first-order valence-corrected chi connectivity index (χ1v) is 9.32. The summed E-state index contributed by atoms with van der Waals surface area (Å²) in [6.07, 6.45) is 1.64. The van der Waals surface area contributed by atoms with Gasteiger partial charge in [-0.05, 0) is 24.3 Å². The van der Waals surface area contributed by atoms with Crippen LogP contribution in [-0.4, -0.2) is 42.9 Å². The fourth-order valence-corrected chi connectivity index (χ4v) is 3.27. The molecule has 0 aliphatic heterocycles. The predicted octanol–water partition coefficient (Wildman–Crippen LogP) is 4.03. The van der Waals surface area contributed by atoms with Crippen LogP contribution in [0.3, 0.4) is 0 Å². The Kier molecular flexibility index (Phi) is 4.94. The number of hydrogen-bond acceptors (Lipinski definition) is 6. The Morgan fingerprint density at radius 1 is 1.10 bits per heavy atom.